The lowest BCUT2D eigenvalue weighted by atomic mass is 9.96. The Morgan fingerprint density at radius 2 is 1.40 bits per heavy atom. The monoisotopic (exact) mass is 210 g/mol. The van der Waals surface area contributed by atoms with Gasteiger partial charge >= 0.3 is 0 Å². The summed E-state index contributed by atoms with van der Waals surface area (Å²) in [7, 11) is 2.24. The molecule has 1 aliphatic carbocycles. The molecule has 0 radical (unpaired) electrons. The van der Waals surface area contributed by atoms with Gasteiger partial charge in [0.1, 0.15) is 0 Å². The molecule has 0 bridgehead atoms. The maximum Gasteiger partial charge on any atom is 0.0130 e. The van der Waals surface area contributed by atoms with Gasteiger partial charge in [0.25, 0.3) is 0 Å². The van der Waals surface area contributed by atoms with Gasteiger partial charge in [0, 0.05) is 17.6 Å². The molecule has 1 saturated heterocycles. The fourth-order valence-electron chi connectivity index (χ4n) is 3.02. The molecule has 2 rings (SSSR count). The zero-order valence-corrected chi connectivity index (χ0v) is 10.8. The molecule has 0 N–H and O–H groups in total. The van der Waals surface area contributed by atoms with E-state index in [-0.39, 0.29) is 0 Å². The van der Waals surface area contributed by atoms with Crippen LogP contribution in [0.25, 0.3) is 0 Å². The Morgan fingerprint density at radius 1 is 0.933 bits per heavy atom. The van der Waals surface area contributed by atoms with Crippen molar-refractivity contribution in [1.82, 2.24) is 9.80 Å². The highest BCUT2D eigenvalue weighted by Crippen LogP contribution is 2.37. The SMILES string of the molecule is CN1CCC(N(C2CC2)C(C)(C)C)CC1. The first kappa shape index (κ1) is 11.4. The van der Waals surface area contributed by atoms with E-state index in [2.05, 4.69) is 37.6 Å². The molecule has 15 heavy (non-hydrogen) atoms. The van der Waals surface area contributed by atoms with Gasteiger partial charge in [-0.3, -0.25) is 4.90 Å². The van der Waals surface area contributed by atoms with Crippen LogP contribution in [0.2, 0.25) is 0 Å². The van der Waals surface area contributed by atoms with Crippen LogP contribution in [0.5, 0.6) is 0 Å². The lowest BCUT2D eigenvalue weighted by Crippen LogP contribution is -2.53. The summed E-state index contributed by atoms with van der Waals surface area (Å²) >= 11 is 0. The lowest BCUT2D eigenvalue weighted by Gasteiger charge is -2.45. The summed E-state index contributed by atoms with van der Waals surface area (Å²) in [4.78, 5) is 5.27. The van der Waals surface area contributed by atoms with E-state index >= 15 is 0 Å². The molecule has 0 aromatic rings. The molecular weight excluding hydrogens is 184 g/mol. The largest absolute Gasteiger partial charge is 0.306 e. The van der Waals surface area contributed by atoms with Gasteiger partial charge in [0.2, 0.25) is 0 Å². The summed E-state index contributed by atoms with van der Waals surface area (Å²) in [5, 5.41) is 0. The summed E-state index contributed by atoms with van der Waals surface area (Å²) < 4.78 is 0. The van der Waals surface area contributed by atoms with Gasteiger partial charge in [0.05, 0.1) is 0 Å². The molecule has 1 saturated carbocycles. The van der Waals surface area contributed by atoms with Crippen LogP contribution in [0.1, 0.15) is 46.5 Å². The highest BCUT2D eigenvalue weighted by Gasteiger charge is 2.40. The third-order valence-corrected chi connectivity index (χ3v) is 3.80. The average molecular weight is 210 g/mol. The zero-order valence-electron chi connectivity index (χ0n) is 10.8. The van der Waals surface area contributed by atoms with Crippen molar-refractivity contribution >= 4 is 0 Å². The van der Waals surface area contributed by atoms with Crippen LogP contribution >= 0.6 is 0 Å². The third kappa shape index (κ3) is 2.73. The summed E-state index contributed by atoms with van der Waals surface area (Å²) in [5.41, 5.74) is 0.363. The van der Waals surface area contributed by atoms with E-state index in [0.717, 1.165) is 12.1 Å². The Bertz CT molecular complexity index is 207. The molecule has 2 nitrogen and oxygen atoms in total. The average Bonchev–Trinajstić information content (AvgIpc) is 2.90. The minimum atomic E-state index is 0.363. The topological polar surface area (TPSA) is 6.48 Å². The van der Waals surface area contributed by atoms with Gasteiger partial charge in [-0.15, -0.1) is 0 Å². The molecule has 2 aliphatic rings. The zero-order chi connectivity index (χ0) is 11.1. The summed E-state index contributed by atoms with van der Waals surface area (Å²) in [6, 6.07) is 1.74. The predicted octanol–water partition coefficient (Wildman–Crippen LogP) is 2.34. The Kier molecular flexibility index (Phi) is 3.09. The molecule has 2 fully saturated rings. The van der Waals surface area contributed by atoms with Crippen LogP contribution in [-0.4, -0.2) is 47.6 Å². The van der Waals surface area contributed by atoms with Crippen molar-refractivity contribution in [3.05, 3.63) is 0 Å². The van der Waals surface area contributed by atoms with E-state index in [0.29, 0.717) is 5.54 Å². The molecule has 1 aliphatic heterocycles. The Morgan fingerprint density at radius 3 is 1.80 bits per heavy atom. The van der Waals surface area contributed by atoms with E-state index in [1.807, 2.05) is 0 Å². The first-order chi connectivity index (χ1) is 6.98. The number of hydrogen-bond donors (Lipinski definition) is 0. The first-order valence-corrected chi connectivity index (χ1v) is 6.45. The summed E-state index contributed by atoms with van der Waals surface area (Å²) in [6.45, 7) is 9.70. The highest BCUT2D eigenvalue weighted by molar-refractivity contribution is 4.96. The van der Waals surface area contributed by atoms with E-state index < -0.39 is 0 Å². The molecule has 0 amide bonds. The van der Waals surface area contributed by atoms with Crippen molar-refractivity contribution in [1.29, 1.82) is 0 Å². The van der Waals surface area contributed by atoms with Crippen molar-refractivity contribution in [3.63, 3.8) is 0 Å². The van der Waals surface area contributed by atoms with Gasteiger partial charge in [-0.2, -0.15) is 0 Å². The Hall–Kier alpha value is -0.0800. The Balaban J connectivity index is 1.99. The fourth-order valence-corrected chi connectivity index (χ4v) is 3.02. The van der Waals surface area contributed by atoms with E-state index in [1.165, 1.54) is 38.8 Å². The maximum atomic E-state index is 2.81. The second-order valence-electron chi connectivity index (χ2n) is 6.34. The van der Waals surface area contributed by atoms with Gasteiger partial charge in [-0.05, 0) is 66.6 Å². The van der Waals surface area contributed by atoms with Crippen molar-refractivity contribution in [2.24, 2.45) is 0 Å². The van der Waals surface area contributed by atoms with Crippen molar-refractivity contribution < 1.29 is 0 Å². The second-order valence-corrected chi connectivity index (χ2v) is 6.34. The molecular formula is C13H26N2. The van der Waals surface area contributed by atoms with Crippen molar-refractivity contribution in [2.45, 2.75) is 64.1 Å². The van der Waals surface area contributed by atoms with E-state index in [4.69, 9.17) is 0 Å². The van der Waals surface area contributed by atoms with Crippen LogP contribution in [0.3, 0.4) is 0 Å². The smallest absolute Gasteiger partial charge is 0.0130 e. The number of nitrogens with zero attached hydrogens (tertiary/aromatic N) is 2. The van der Waals surface area contributed by atoms with E-state index in [9.17, 15) is 0 Å². The molecule has 0 spiro atoms. The fraction of sp³-hybridized carbons (Fsp3) is 1.00. The molecule has 88 valence electrons. The third-order valence-electron chi connectivity index (χ3n) is 3.80. The number of hydrogen-bond acceptors (Lipinski definition) is 2. The molecule has 0 unspecified atom stereocenters. The molecule has 2 heteroatoms. The van der Waals surface area contributed by atoms with Gasteiger partial charge < -0.3 is 4.90 Å². The number of piperidine rings is 1. The number of rotatable bonds is 2. The molecule has 0 aromatic heterocycles. The van der Waals surface area contributed by atoms with Crippen LogP contribution in [0, 0.1) is 0 Å². The van der Waals surface area contributed by atoms with Gasteiger partial charge in [0.15, 0.2) is 0 Å². The van der Waals surface area contributed by atoms with Gasteiger partial charge in [-0.25, -0.2) is 0 Å². The molecule has 1 heterocycles. The van der Waals surface area contributed by atoms with Crippen molar-refractivity contribution in [3.8, 4) is 0 Å². The first-order valence-electron chi connectivity index (χ1n) is 6.45. The second kappa shape index (κ2) is 4.06. The van der Waals surface area contributed by atoms with E-state index in [1.54, 1.807) is 0 Å². The highest BCUT2D eigenvalue weighted by atomic mass is 15.3. The lowest BCUT2D eigenvalue weighted by molar-refractivity contribution is 0.0373. The molecule has 0 aromatic carbocycles. The minimum Gasteiger partial charge on any atom is -0.306 e. The number of likely N-dealkylation sites (tertiary alicyclic amines) is 1. The summed E-state index contributed by atoms with van der Waals surface area (Å²) in [5.74, 6) is 0. The van der Waals surface area contributed by atoms with Crippen LogP contribution in [0.15, 0.2) is 0 Å². The Labute approximate surface area is 94.6 Å². The maximum absolute atomic E-state index is 2.81. The summed E-state index contributed by atoms with van der Waals surface area (Å²) in [6.07, 6.45) is 5.60. The van der Waals surface area contributed by atoms with Crippen LogP contribution in [-0.2, 0) is 0 Å². The predicted molar refractivity (Wildman–Crippen MR) is 65.1 cm³/mol. The minimum absolute atomic E-state index is 0.363. The van der Waals surface area contributed by atoms with Crippen LogP contribution in [0.4, 0.5) is 0 Å². The molecule has 0 atom stereocenters. The van der Waals surface area contributed by atoms with Gasteiger partial charge in [-0.1, -0.05) is 0 Å². The van der Waals surface area contributed by atoms with Crippen LogP contribution < -0.4 is 0 Å². The quantitative estimate of drug-likeness (QED) is 0.690. The van der Waals surface area contributed by atoms with Crippen molar-refractivity contribution in [2.75, 3.05) is 20.1 Å². The normalized spacial score (nSPS) is 26.2. The standard InChI is InChI=1S/C13H26N2/c1-13(2,3)15(11-5-6-11)12-7-9-14(4)10-8-12/h11-12H,5-10H2,1-4H3.